The van der Waals surface area contributed by atoms with Gasteiger partial charge in [-0.15, -0.1) is 0 Å². The number of aliphatic hydroxyl groups excluding tert-OH is 1. The molecule has 1 saturated heterocycles. The molecule has 0 radical (unpaired) electrons. The largest absolute Gasteiger partial charge is 0.396 e. The van der Waals surface area contributed by atoms with Crippen LogP contribution in [-0.4, -0.2) is 49.3 Å². The van der Waals surface area contributed by atoms with Crippen LogP contribution in [0.4, 0.5) is 0 Å². The van der Waals surface area contributed by atoms with Crippen LogP contribution in [0.15, 0.2) is 0 Å². The van der Waals surface area contributed by atoms with Crippen molar-refractivity contribution in [3.05, 3.63) is 0 Å². The Morgan fingerprint density at radius 1 is 1.47 bits per heavy atom. The molecule has 90 valence electrons. The first-order valence-electron chi connectivity index (χ1n) is 6.11. The first-order chi connectivity index (χ1) is 7.07. The van der Waals surface area contributed by atoms with Crippen LogP contribution in [0.25, 0.3) is 0 Å². The summed E-state index contributed by atoms with van der Waals surface area (Å²) in [6.45, 7) is 12.6. The predicted octanol–water partition coefficient (Wildman–Crippen LogP) is 0.936. The third-order valence-corrected chi connectivity index (χ3v) is 3.13. The highest BCUT2D eigenvalue weighted by Crippen LogP contribution is 2.22. The zero-order valence-electron chi connectivity index (χ0n) is 10.4. The van der Waals surface area contributed by atoms with Gasteiger partial charge in [0.1, 0.15) is 0 Å². The molecule has 1 unspecified atom stereocenters. The van der Waals surface area contributed by atoms with Crippen molar-refractivity contribution < 1.29 is 5.11 Å². The molecule has 1 fully saturated rings. The van der Waals surface area contributed by atoms with E-state index in [9.17, 15) is 0 Å². The Kier molecular flexibility index (Phi) is 5.03. The maximum absolute atomic E-state index is 9.08. The summed E-state index contributed by atoms with van der Waals surface area (Å²) < 4.78 is 0. The van der Waals surface area contributed by atoms with Gasteiger partial charge in [-0.25, -0.2) is 0 Å². The lowest BCUT2D eigenvalue weighted by Gasteiger charge is -2.30. The molecule has 0 aliphatic carbocycles. The van der Waals surface area contributed by atoms with E-state index in [1.54, 1.807) is 0 Å². The second kappa shape index (κ2) is 5.83. The number of rotatable bonds is 6. The molecule has 1 atom stereocenters. The van der Waals surface area contributed by atoms with Gasteiger partial charge < -0.3 is 15.3 Å². The Morgan fingerprint density at radius 3 is 2.73 bits per heavy atom. The molecule has 0 aromatic heterocycles. The minimum atomic E-state index is 0.334. The van der Waals surface area contributed by atoms with E-state index in [0.29, 0.717) is 17.9 Å². The average Bonchev–Trinajstić information content (AvgIpc) is 2.62. The van der Waals surface area contributed by atoms with E-state index in [1.807, 2.05) is 0 Å². The summed E-state index contributed by atoms with van der Waals surface area (Å²) in [5, 5.41) is 12.5. The topological polar surface area (TPSA) is 35.5 Å². The minimum Gasteiger partial charge on any atom is -0.396 e. The molecule has 1 aliphatic heterocycles. The first kappa shape index (κ1) is 12.9. The van der Waals surface area contributed by atoms with Crippen molar-refractivity contribution >= 4 is 0 Å². The van der Waals surface area contributed by atoms with E-state index in [1.165, 1.54) is 0 Å². The summed E-state index contributed by atoms with van der Waals surface area (Å²) in [4.78, 5) is 2.48. The summed E-state index contributed by atoms with van der Waals surface area (Å²) in [5.41, 5.74) is 0.334. The fourth-order valence-electron chi connectivity index (χ4n) is 2.33. The molecule has 1 aliphatic rings. The van der Waals surface area contributed by atoms with Gasteiger partial charge in [0.25, 0.3) is 0 Å². The number of aliphatic hydroxyl groups is 1. The van der Waals surface area contributed by atoms with Crippen LogP contribution in [0, 0.1) is 11.3 Å². The van der Waals surface area contributed by atoms with E-state index in [0.717, 1.165) is 39.1 Å². The van der Waals surface area contributed by atoms with Crippen molar-refractivity contribution in [3.63, 3.8) is 0 Å². The van der Waals surface area contributed by atoms with Gasteiger partial charge in [0.05, 0.1) is 0 Å². The Hall–Kier alpha value is -0.120. The number of hydrogen-bond acceptors (Lipinski definition) is 3. The molecule has 2 N–H and O–H groups in total. The van der Waals surface area contributed by atoms with Crippen molar-refractivity contribution in [3.8, 4) is 0 Å². The fraction of sp³-hybridized carbons (Fsp3) is 1.00. The van der Waals surface area contributed by atoms with Gasteiger partial charge in [-0.3, -0.25) is 0 Å². The van der Waals surface area contributed by atoms with Gasteiger partial charge in [-0.1, -0.05) is 20.8 Å². The lowest BCUT2D eigenvalue weighted by molar-refractivity contribution is 0.182. The van der Waals surface area contributed by atoms with E-state index in [2.05, 4.69) is 31.0 Å². The van der Waals surface area contributed by atoms with Crippen molar-refractivity contribution in [2.45, 2.75) is 27.2 Å². The molecule has 1 rings (SSSR count). The summed E-state index contributed by atoms with van der Waals surface area (Å²) >= 11 is 0. The van der Waals surface area contributed by atoms with Crippen molar-refractivity contribution in [1.82, 2.24) is 10.2 Å². The Balaban J connectivity index is 2.28. The van der Waals surface area contributed by atoms with Crippen LogP contribution in [-0.2, 0) is 0 Å². The van der Waals surface area contributed by atoms with Crippen LogP contribution >= 0.6 is 0 Å². The van der Waals surface area contributed by atoms with Gasteiger partial charge in [0, 0.05) is 26.2 Å². The van der Waals surface area contributed by atoms with Crippen molar-refractivity contribution in [2.24, 2.45) is 11.3 Å². The molecule has 3 heteroatoms. The molecule has 0 aromatic rings. The zero-order chi connectivity index (χ0) is 11.3. The highest BCUT2D eigenvalue weighted by molar-refractivity contribution is 4.81. The molecule has 0 saturated carbocycles. The van der Waals surface area contributed by atoms with E-state index in [-0.39, 0.29) is 0 Å². The van der Waals surface area contributed by atoms with Gasteiger partial charge >= 0.3 is 0 Å². The van der Waals surface area contributed by atoms with Gasteiger partial charge in [0.2, 0.25) is 0 Å². The number of hydrogen-bond donors (Lipinski definition) is 2. The normalized spacial score (nSPS) is 23.6. The smallest absolute Gasteiger partial charge is 0.0471 e. The molecular formula is C12H26N2O. The van der Waals surface area contributed by atoms with Gasteiger partial charge in [0.15, 0.2) is 0 Å². The highest BCUT2D eigenvalue weighted by Gasteiger charge is 2.27. The number of likely N-dealkylation sites (tertiary alicyclic amines) is 1. The average molecular weight is 214 g/mol. The quantitative estimate of drug-likeness (QED) is 0.690. The molecule has 1 heterocycles. The summed E-state index contributed by atoms with van der Waals surface area (Å²) in [6.07, 6.45) is 1.16. The molecule has 0 amide bonds. The third-order valence-electron chi connectivity index (χ3n) is 3.13. The van der Waals surface area contributed by atoms with E-state index >= 15 is 0 Å². The van der Waals surface area contributed by atoms with Crippen LogP contribution in [0.1, 0.15) is 27.2 Å². The Morgan fingerprint density at radius 2 is 2.20 bits per heavy atom. The summed E-state index contributed by atoms with van der Waals surface area (Å²) in [6, 6.07) is 0. The highest BCUT2D eigenvalue weighted by atomic mass is 16.3. The summed E-state index contributed by atoms with van der Waals surface area (Å²) in [5.74, 6) is 0.514. The van der Waals surface area contributed by atoms with Gasteiger partial charge in [-0.2, -0.15) is 0 Å². The standard InChI is InChI=1S/C12H26N2O/c1-4-13-9-12(2,3)10-14-6-5-11(7-14)8-15/h11,13,15H,4-10H2,1-3H3. The third kappa shape index (κ3) is 4.49. The SMILES string of the molecule is CCNCC(C)(C)CN1CCC(CO)C1. The molecule has 0 aromatic carbocycles. The molecule has 0 spiro atoms. The lowest BCUT2D eigenvalue weighted by Crippen LogP contribution is -2.39. The lowest BCUT2D eigenvalue weighted by atomic mass is 9.93. The number of nitrogens with zero attached hydrogens (tertiary/aromatic N) is 1. The summed E-state index contributed by atoms with van der Waals surface area (Å²) in [7, 11) is 0. The monoisotopic (exact) mass is 214 g/mol. The maximum atomic E-state index is 9.08. The maximum Gasteiger partial charge on any atom is 0.0471 e. The van der Waals surface area contributed by atoms with Crippen LogP contribution < -0.4 is 5.32 Å². The van der Waals surface area contributed by atoms with Crippen LogP contribution in [0.5, 0.6) is 0 Å². The fourth-order valence-corrected chi connectivity index (χ4v) is 2.33. The molecular weight excluding hydrogens is 188 g/mol. The second-order valence-corrected chi connectivity index (χ2v) is 5.52. The Bertz CT molecular complexity index is 182. The molecule has 3 nitrogen and oxygen atoms in total. The van der Waals surface area contributed by atoms with E-state index < -0.39 is 0 Å². The first-order valence-corrected chi connectivity index (χ1v) is 6.11. The predicted molar refractivity (Wildman–Crippen MR) is 64.0 cm³/mol. The van der Waals surface area contributed by atoms with Crippen LogP contribution in [0.3, 0.4) is 0 Å². The van der Waals surface area contributed by atoms with Crippen molar-refractivity contribution in [2.75, 3.05) is 39.3 Å². The second-order valence-electron chi connectivity index (χ2n) is 5.52. The van der Waals surface area contributed by atoms with Crippen LogP contribution in [0.2, 0.25) is 0 Å². The molecule has 15 heavy (non-hydrogen) atoms. The Labute approximate surface area is 93.9 Å². The minimum absolute atomic E-state index is 0.334. The van der Waals surface area contributed by atoms with Crippen molar-refractivity contribution in [1.29, 1.82) is 0 Å². The zero-order valence-corrected chi connectivity index (χ0v) is 10.4. The molecule has 0 bridgehead atoms. The van der Waals surface area contributed by atoms with Gasteiger partial charge in [-0.05, 0) is 30.8 Å². The van der Waals surface area contributed by atoms with E-state index in [4.69, 9.17) is 5.11 Å². The number of nitrogens with one attached hydrogen (secondary N) is 1.